The SMILES string of the molecule is Cc1cc(C)c(NC(=O)[C@H](CC(C)C)N2C(=O)c3ccccc3C2=O)c(C)c1. The summed E-state index contributed by atoms with van der Waals surface area (Å²) in [6.45, 7) is 9.83. The topological polar surface area (TPSA) is 66.5 Å². The van der Waals surface area contributed by atoms with Crippen molar-refractivity contribution in [1.82, 2.24) is 4.90 Å². The van der Waals surface area contributed by atoms with Gasteiger partial charge in [0.05, 0.1) is 11.1 Å². The van der Waals surface area contributed by atoms with Crippen LogP contribution >= 0.6 is 0 Å². The van der Waals surface area contributed by atoms with E-state index in [9.17, 15) is 14.4 Å². The Balaban J connectivity index is 1.95. The van der Waals surface area contributed by atoms with Crippen molar-refractivity contribution in [2.75, 3.05) is 5.32 Å². The van der Waals surface area contributed by atoms with E-state index in [1.54, 1.807) is 24.3 Å². The van der Waals surface area contributed by atoms with Crippen LogP contribution in [-0.4, -0.2) is 28.7 Å². The van der Waals surface area contributed by atoms with Gasteiger partial charge >= 0.3 is 0 Å². The van der Waals surface area contributed by atoms with Crippen LogP contribution < -0.4 is 5.32 Å². The van der Waals surface area contributed by atoms with Crippen LogP contribution in [0.5, 0.6) is 0 Å². The minimum atomic E-state index is -0.854. The van der Waals surface area contributed by atoms with Gasteiger partial charge in [0.15, 0.2) is 0 Å². The third-order valence-electron chi connectivity index (χ3n) is 5.06. The summed E-state index contributed by atoms with van der Waals surface area (Å²) in [5, 5.41) is 2.97. The molecule has 2 aromatic carbocycles. The molecule has 1 aliphatic rings. The molecule has 1 atom stereocenters. The maximum Gasteiger partial charge on any atom is 0.262 e. The van der Waals surface area contributed by atoms with Gasteiger partial charge in [-0.1, -0.05) is 43.7 Å². The second-order valence-electron chi connectivity index (χ2n) is 7.93. The molecule has 0 saturated carbocycles. The largest absolute Gasteiger partial charge is 0.324 e. The summed E-state index contributed by atoms with van der Waals surface area (Å²) in [6, 6.07) is 9.87. The first-order valence-electron chi connectivity index (χ1n) is 9.56. The van der Waals surface area contributed by atoms with E-state index in [1.807, 2.05) is 46.8 Å². The predicted molar refractivity (Wildman–Crippen MR) is 109 cm³/mol. The second kappa shape index (κ2) is 7.58. The normalized spacial score (nSPS) is 14.4. The highest BCUT2D eigenvalue weighted by molar-refractivity contribution is 6.23. The molecule has 5 nitrogen and oxygen atoms in total. The molecule has 5 heteroatoms. The molecule has 1 N–H and O–H groups in total. The highest BCUT2D eigenvalue weighted by Gasteiger charge is 2.42. The molecule has 0 aliphatic carbocycles. The van der Waals surface area contributed by atoms with Gasteiger partial charge in [-0.2, -0.15) is 0 Å². The fourth-order valence-electron chi connectivity index (χ4n) is 3.85. The molecule has 0 fully saturated rings. The molecule has 0 radical (unpaired) electrons. The Labute approximate surface area is 165 Å². The van der Waals surface area contributed by atoms with Gasteiger partial charge in [0.1, 0.15) is 6.04 Å². The van der Waals surface area contributed by atoms with Crippen LogP contribution in [0.3, 0.4) is 0 Å². The number of carbonyl (C=O) groups is 3. The highest BCUT2D eigenvalue weighted by atomic mass is 16.2. The lowest BCUT2D eigenvalue weighted by Crippen LogP contribution is -2.48. The van der Waals surface area contributed by atoms with Crippen molar-refractivity contribution < 1.29 is 14.4 Å². The van der Waals surface area contributed by atoms with Gasteiger partial charge in [0, 0.05) is 5.69 Å². The molecule has 0 spiro atoms. The fourth-order valence-corrected chi connectivity index (χ4v) is 3.85. The average Bonchev–Trinajstić information content (AvgIpc) is 2.87. The molecule has 3 amide bonds. The number of benzene rings is 2. The van der Waals surface area contributed by atoms with E-state index in [2.05, 4.69) is 5.32 Å². The number of aryl methyl sites for hydroxylation is 3. The molecule has 3 rings (SSSR count). The van der Waals surface area contributed by atoms with Gasteiger partial charge in [-0.3, -0.25) is 19.3 Å². The predicted octanol–water partition coefficient (Wildman–Crippen LogP) is 4.26. The van der Waals surface area contributed by atoms with Crippen LogP contribution in [0.15, 0.2) is 36.4 Å². The Kier molecular flexibility index (Phi) is 5.36. The number of anilines is 1. The van der Waals surface area contributed by atoms with Gasteiger partial charge < -0.3 is 5.32 Å². The van der Waals surface area contributed by atoms with E-state index in [0.29, 0.717) is 17.5 Å². The van der Waals surface area contributed by atoms with Gasteiger partial charge in [0.25, 0.3) is 11.8 Å². The summed E-state index contributed by atoms with van der Waals surface area (Å²) in [6.07, 6.45) is 0.404. The molecule has 1 aliphatic heterocycles. The molecule has 0 bridgehead atoms. The van der Waals surface area contributed by atoms with Crippen molar-refractivity contribution in [2.45, 2.75) is 47.1 Å². The van der Waals surface area contributed by atoms with Crippen LogP contribution in [0.4, 0.5) is 5.69 Å². The number of carbonyl (C=O) groups excluding carboxylic acids is 3. The summed E-state index contributed by atoms with van der Waals surface area (Å²) < 4.78 is 0. The summed E-state index contributed by atoms with van der Waals surface area (Å²) in [4.78, 5) is 40.1. The lowest BCUT2D eigenvalue weighted by molar-refractivity contribution is -0.120. The number of hydrogen-bond acceptors (Lipinski definition) is 3. The van der Waals surface area contributed by atoms with Gasteiger partial charge in [-0.15, -0.1) is 0 Å². The minimum absolute atomic E-state index is 0.139. The monoisotopic (exact) mass is 378 g/mol. The molecular weight excluding hydrogens is 352 g/mol. The lowest BCUT2D eigenvalue weighted by atomic mass is 10.00. The van der Waals surface area contributed by atoms with E-state index in [-0.39, 0.29) is 11.8 Å². The number of imide groups is 1. The van der Waals surface area contributed by atoms with Crippen molar-refractivity contribution in [3.8, 4) is 0 Å². The van der Waals surface area contributed by atoms with E-state index in [0.717, 1.165) is 27.3 Å². The molecule has 1 heterocycles. The van der Waals surface area contributed by atoms with Crippen LogP contribution in [0.2, 0.25) is 0 Å². The molecular formula is C23H26N2O3. The first-order chi connectivity index (χ1) is 13.2. The Morgan fingerprint density at radius 1 is 0.964 bits per heavy atom. The number of nitrogens with one attached hydrogen (secondary N) is 1. The minimum Gasteiger partial charge on any atom is -0.324 e. The summed E-state index contributed by atoms with van der Waals surface area (Å²) in [7, 11) is 0. The Morgan fingerprint density at radius 2 is 1.46 bits per heavy atom. The fraction of sp³-hybridized carbons (Fsp3) is 0.348. The number of fused-ring (bicyclic) bond motifs is 1. The van der Waals surface area contributed by atoms with Crippen molar-refractivity contribution in [3.05, 3.63) is 64.2 Å². The van der Waals surface area contributed by atoms with E-state index in [4.69, 9.17) is 0 Å². The van der Waals surface area contributed by atoms with E-state index < -0.39 is 17.9 Å². The van der Waals surface area contributed by atoms with Crippen LogP contribution in [0, 0.1) is 26.7 Å². The third-order valence-corrected chi connectivity index (χ3v) is 5.06. The smallest absolute Gasteiger partial charge is 0.262 e. The van der Waals surface area contributed by atoms with Gasteiger partial charge in [-0.05, 0) is 56.4 Å². The van der Waals surface area contributed by atoms with Crippen LogP contribution in [-0.2, 0) is 4.79 Å². The highest BCUT2D eigenvalue weighted by Crippen LogP contribution is 2.29. The maximum atomic E-state index is 13.2. The molecule has 2 aromatic rings. The molecule has 0 aromatic heterocycles. The number of nitrogens with zero attached hydrogens (tertiary/aromatic N) is 1. The number of rotatable bonds is 5. The second-order valence-corrected chi connectivity index (χ2v) is 7.93. The Morgan fingerprint density at radius 3 is 1.93 bits per heavy atom. The van der Waals surface area contributed by atoms with E-state index >= 15 is 0 Å². The van der Waals surface area contributed by atoms with Crippen molar-refractivity contribution >= 4 is 23.4 Å². The first-order valence-corrected chi connectivity index (χ1v) is 9.56. The van der Waals surface area contributed by atoms with E-state index in [1.165, 1.54) is 0 Å². The third kappa shape index (κ3) is 3.57. The van der Waals surface area contributed by atoms with Crippen molar-refractivity contribution in [2.24, 2.45) is 5.92 Å². The summed E-state index contributed by atoms with van der Waals surface area (Å²) in [5.41, 5.74) is 4.48. The Hall–Kier alpha value is -2.95. The quantitative estimate of drug-likeness (QED) is 0.791. The zero-order chi connectivity index (χ0) is 20.6. The summed E-state index contributed by atoms with van der Waals surface area (Å²) >= 11 is 0. The van der Waals surface area contributed by atoms with Crippen molar-refractivity contribution in [3.63, 3.8) is 0 Å². The van der Waals surface area contributed by atoms with Gasteiger partial charge in [-0.25, -0.2) is 0 Å². The maximum absolute atomic E-state index is 13.2. The molecule has 0 saturated heterocycles. The van der Waals surface area contributed by atoms with Crippen LogP contribution in [0.1, 0.15) is 57.7 Å². The molecule has 146 valence electrons. The number of hydrogen-bond donors (Lipinski definition) is 1. The van der Waals surface area contributed by atoms with Crippen molar-refractivity contribution in [1.29, 1.82) is 0 Å². The van der Waals surface area contributed by atoms with Crippen LogP contribution in [0.25, 0.3) is 0 Å². The Bertz CT molecular complexity index is 904. The standard InChI is InChI=1S/C23H26N2O3/c1-13(2)10-19(21(26)24-20-15(4)11-14(3)12-16(20)5)25-22(27)17-8-6-7-9-18(17)23(25)28/h6-9,11-13,19H,10H2,1-5H3,(H,24,26)/t19-/m0/s1. The molecule has 0 unspecified atom stereocenters. The first kappa shape index (κ1) is 19.8. The molecule has 28 heavy (non-hydrogen) atoms. The average molecular weight is 378 g/mol. The van der Waals surface area contributed by atoms with Gasteiger partial charge in [0.2, 0.25) is 5.91 Å². The zero-order valence-electron chi connectivity index (χ0n) is 17.0. The lowest BCUT2D eigenvalue weighted by Gasteiger charge is -2.27. The zero-order valence-corrected chi connectivity index (χ0v) is 17.0. The summed E-state index contributed by atoms with van der Waals surface area (Å²) in [5.74, 6) is -1.00. The number of amides is 3.